The number of pyridine rings is 1. The van der Waals surface area contributed by atoms with Crippen LogP contribution in [0.2, 0.25) is 0 Å². The highest BCUT2D eigenvalue weighted by atomic mass is 16.6. The van der Waals surface area contributed by atoms with E-state index >= 15 is 0 Å². The van der Waals surface area contributed by atoms with E-state index in [2.05, 4.69) is 4.98 Å². The molecule has 0 aromatic carbocycles. The van der Waals surface area contributed by atoms with Crippen molar-refractivity contribution < 1.29 is 14.3 Å². The Bertz CT molecular complexity index is 455. The second-order valence-corrected chi connectivity index (χ2v) is 6.04. The molecule has 0 bridgehead atoms. The van der Waals surface area contributed by atoms with Crippen LogP contribution in [-0.2, 0) is 16.0 Å². The van der Waals surface area contributed by atoms with Crippen LogP contribution in [0.4, 0.5) is 10.5 Å². The summed E-state index contributed by atoms with van der Waals surface area (Å²) >= 11 is 0. The van der Waals surface area contributed by atoms with Gasteiger partial charge in [0.1, 0.15) is 5.60 Å². The summed E-state index contributed by atoms with van der Waals surface area (Å²) in [7, 11) is 1.67. The molecule has 0 spiro atoms. The third kappa shape index (κ3) is 6.41. The number of unbranched alkanes of at least 4 members (excludes halogenated alkanes) is 1. The maximum Gasteiger partial charge on any atom is 0.414 e. The summed E-state index contributed by atoms with van der Waals surface area (Å²) < 4.78 is 10.5. The first-order valence-electron chi connectivity index (χ1n) is 7.52. The van der Waals surface area contributed by atoms with Crippen LogP contribution >= 0.6 is 0 Å². The Morgan fingerprint density at radius 2 is 2.05 bits per heavy atom. The Morgan fingerprint density at radius 3 is 2.55 bits per heavy atom. The summed E-state index contributed by atoms with van der Waals surface area (Å²) in [6.45, 7) is 7.16. The summed E-state index contributed by atoms with van der Waals surface area (Å²) in [5, 5.41) is 0. The molecule has 1 aromatic heterocycles. The molecule has 0 saturated heterocycles. The van der Waals surface area contributed by atoms with Crippen LogP contribution in [0.1, 0.15) is 39.3 Å². The first kappa shape index (κ1) is 18.4. The molecule has 0 aliphatic carbocycles. The van der Waals surface area contributed by atoms with Gasteiger partial charge in [-0.15, -0.1) is 0 Å². The first-order valence-corrected chi connectivity index (χ1v) is 7.52. The predicted octanol–water partition coefficient (Wildman–Crippen LogP) is 2.71. The fourth-order valence-corrected chi connectivity index (χ4v) is 1.86. The number of methoxy groups -OCH3 is 1. The molecule has 0 saturated carbocycles. The van der Waals surface area contributed by atoms with E-state index in [0.29, 0.717) is 25.4 Å². The minimum absolute atomic E-state index is 0.368. The van der Waals surface area contributed by atoms with Gasteiger partial charge < -0.3 is 15.2 Å². The second-order valence-electron chi connectivity index (χ2n) is 6.04. The van der Waals surface area contributed by atoms with E-state index in [4.69, 9.17) is 15.2 Å². The van der Waals surface area contributed by atoms with Gasteiger partial charge in [0.2, 0.25) is 0 Å². The highest BCUT2D eigenvalue weighted by Gasteiger charge is 2.23. The monoisotopic (exact) mass is 309 g/mol. The lowest BCUT2D eigenvalue weighted by molar-refractivity contribution is 0.0578. The van der Waals surface area contributed by atoms with Gasteiger partial charge in [-0.2, -0.15) is 0 Å². The first-order chi connectivity index (χ1) is 10.4. The zero-order chi connectivity index (χ0) is 16.6. The fraction of sp³-hybridized carbons (Fsp3) is 0.625. The van der Waals surface area contributed by atoms with Crippen LogP contribution in [0.5, 0.6) is 0 Å². The number of hydrogen-bond acceptors (Lipinski definition) is 5. The van der Waals surface area contributed by atoms with E-state index in [0.717, 1.165) is 18.5 Å². The summed E-state index contributed by atoms with van der Waals surface area (Å²) in [6, 6.07) is 3.66. The minimum atomic E-state index is -0.535. The van der Waals surface area contributed by atoms with Crippen molar-refractivity contribution in [1.82, 2.24) is 4.98 Å². The molecule has 2 N–H and O–H groups in total. The molecule has 1 aromatic rings. The second kappa shape index (κ2) is 8.70. The van der Waals surface area contributed by atoms with Crippen LogP contribution in [0.15, 0.2) is 18.3 Å². The highest BCUT2D eigenvalue weighted by Crippen LogP contribution is 2.18. The van der Waals surface area contributed by atoms with Crippen molar-refractivity contribution in [1.29, 1.82) is 0 Å². The Labute approximate surface area is 132 Å². The third-order valence-corrected chi connectivity index (χ3v) is 2.92. The van der Waals surface area contributed by atoms with Crippen molar-refractivity contribution in [3.05, 3.63) is 24.0 Å². The molecule has 0 aliphatic rings. The number of carbonyl (C=O) groups is 1. The highest BCUT2D eigenvalue weighted by molar-refractivity contribution is 5.87. The number of nitrogens with two attached hydrogens (primary N) is 1. The molecule has 124 valence electrons. The molecule has 0 atom stereocenters. The van der Waals surface area contributed by atoms with Gasteiger partial charge in [-0.25, -0.2) is 4.79 Å². The maximum atomic E-state index is 12.4. The summed E-state index contributed by atoms with van der Waals surface area (Å²) in [5.74, 6) is 0. The molecule has 1 heterocycles. The molecule has 0 unspecified atom stereocenters. The Kier molecular flexibility index (Phi) is 7.27. The number of nitrogens with zero attached hydrogens (tertiary/aromatic N) is 2. The molecule has 0 fully saturated rings. The van der Waals surface area contributed by atoms with Crippen molar-refractivity contribution in [2.45, 2.75) is 45.8 Å². The standard InChI is InChI=1S/C16H27N3O3/c1-16(2,3)22-15(20)19(9-5-6-10-21-4)14-8-7-13(11-17)18-12-14/h7-8,12H,5-6,9-11,17H2,1-4H3. The van der Waals surface area contributed by atoms with Crippen LogP contribution in [0.3, 0.4) is 0 Å². The molecule has 22 heavy (non-hydrogen) atoms. The fourth-order valence-electron chi connectivity index (χ4n) is 1.86. The van der Waals surface area contributed by atoms with E-state index in [1.165, 1.54) is 0 Å². The summed E-state index contributed by atoms with van der Waals surface area (Å²) in [5.41, 5.74) is 6.51. The third-order valence-electron chi connectivity index (χ3n) is 2.92. The average molecular weight is 309 g/mol. The molecule has 0 radical (unpaired) electrons. The number of amides is 1. The Balaban J connectivity index is 2.81. The topological polar surface area (TPSA) is 77.7 Å². The van der Waals surface area contributed by atoms with Gasteiger partial charge in [0.05, 0.1) is 17.6 Å². The number of anilines is 1. The van der Waals surface area contributed by atoms with E-state index < -0.39 is 5.60 Å². The van der Waals surface area contributed by atoms with Crippen molar-refractivity contribution in [3.63, 3.8) is 0 Å². The molecular weight excluding hydrogens is 282 g/mol. The SMILES string of the molecule is COCCCCN(C(=O)OC(C)(C)C)c1ccc(CN)nc1. The Morgan fingerprint density at radius 1 is 1.32 bits per heavy atom. The number of carbonyl (C=O) groups excluding carboxylic acids is 1. The maximum absolute atomic E-state index is 12.4. The molecular formula is C16H27N3O3. The lowest BCUT2D eigenvalue weighted by Gasteiger charge is -2.27. The molecule has 1 rings (SSSR count). The Hall–Kier alpha value is -1.66. The smallest absolute Gasteiger partial charge is 0.414 e. The quantitative estimate of drug-likeness (QED) is 0.784. The van der Waals surface area contributed by atoms with Gasteiger partial charge in [-0.3, -0.25) is 9.88 Å². The van der Waals surface area contributed by atoms with Crippen molar-refractivity contribution >= 4 is 11.8 Å². The van der Waals surface area contributed by atoms with Crippen LogP contribution in [0, 0.1) is 0 Å². The summed E-state index contributed by atoms with van der Waals surface area (Å²) in [6.07, 6.45) is 2.99. The van der Waals surface area contributed by atoms with Gasteiger partial charge in [0.25, 0.3) is 0 Å². The van der Waals surface area contributed by atoms with E-state index in [1.807, 2.05) is 32.9 Å². The normalized spacial score (nSPS) is 11.3. The lowest BCUT2D eigenvalue weighted by atomic mass is 10.2. The largest absolute Gasteiger partial charge is 0.443 e. The molecule has 0 aliphatic heterocycles. The zero-order valence-electron chi connectivity index (χ0n) is 14.0. The van der Waals surface area contributed by atoms with E-state index in [1.54, 1.807) is 18.2 Å². The van der Waals surface area contributed by atoms with Crippen molar-refractivity contribution in [2.24, 2.45) is 5.73 Å². The minimum Gasteiger partial charge on any atom is -0.443 e. The van der Waals surface area contributed by atoms with E-state index in [9.17, 15) is 4.79 Å². The van der Waals surface area contributed by atoms with Crippen LogP contribution < -0.4 is 10.6 Å². The van der Waals surface area contributed by atoms with Crippen molar-refractivity contribution in [3.8, 4) is 0 Å². The lowest BCUT2D eigenvalue weighted by Crippen LogP contribution is -2.37. The molecule has 6 heteroatoms. The van der Waals surface area contributed by atoms with Gasteiger partial charge in [0, 0.05) is 26.8 Å². The van der Waals surface area contributed by atoms with Gasteiger partial charge >= 0.3 is 6.09 Å². The summed E-state index contributed by atoms with van der Waals surface area (Å²) in [4.78, 5) is 18.2. The number of hydrogen-bond donors (Lipinski definition) is 1. The number of rotatable bonds is 7. The number of aromatic nitrogens is 1. The van der Waals surface area contributed by atoms with Crippen molar-refractivity contribution in [2.75, 3.05) is 25.2 Å². The number of ether oxygens (including phenoxy) is 2. The van der Waals surface area contributed by atoms with Gasteiger partial charge in [-0.05, 0) is 45.7 Å². The molecule has 6 nitrogen and oxygen atoms in total. The van der Waals surface area contributed by atoms with Crippen LogP contribution in [-0.4, -0.2) is 36.9 Å². The predicted molar refractivity (Wildman–Crippen MR) is 86.8 cm³/mol. The molecule has 1 amide bonds. The van der Waals surface area contributed by atoms with Gasteiger partial charge in [-0.1, -0.05) is 0 Å². The zero-order valence-corrected chi connectivity index (χ0v) is 14.0. The van der Waals surface area contributed by atoms with Gasteiger partial charge in [0.15, 0.2) is 0 Å². The average Bonchev–Trinajstić information content (AvgIpc) is 2.45. The van der Waals surface area contributed by atoms with Crippen LogP contribution in [0.25, 0.3) is 0 Å². The van der Waals surface area contributed by atoms with E-state index in [-0.39, 0.29) is 6.09 Å².